The summed E-state index contributed by atoms with van der Waals surface area (Å²) in [5.41, 5.74) is -0.0532. The molecule has 7 heteroatoms. The molecule has 0 aromatic carbocycles. The van der Waals surface area contributed by atoms with Gasteiger partial charge in [-0.3, -0.25) is 14.3 Å². The Kier molecular flexibility index (Phi) is 3.22. The van der Waals surface area contributed by atoms with Gasteiger partial charge in [-0.1, -0.05) is 12.1 Å². The molecule has 0 bridgehead atoms. The van der Waals surface area contributed by atoms with Gasteiger partial charge in [0.15, 0.2) is 0 Å². The van der Waals surface area contributed by atoms with E-state index in [9.17, 15) is 9.59 Å². The molecule has 2 amide bonds. The van der Waals surface area contributed by atoms with Gasteiger partial charge in [-0.15, -0.1) is 5.10 Å². The van der Waals surface area contributed by atoms with Crippen LogP contribution in [-0.4, -0.2) is 43.3 Å². The summed E-state index contributed by atoms with van der Waals surface area (Å²) in [6.07, 6.45) is 4.37. The van der Waals surface area contributed by atoms with Gasteiger partial charge in [0.05, 0.1) is 6.54 Å². The Balaban J connectivity index is 1.93. The average Bonchev–Trinajstić information content (AvgIpc) is 3.23. The minimum absolute atomic E-state index is 0.0165. The van der Waals surface area contributed by atoms with Crippen LogP contribution in [0.4, 0.5) is 0 Å². The van der Waals surface area contributed by atoms with Gasteiger partial charge >= 0.3 is 0 Å². The van der Waals surface area contributed by atoms with Crippen LogP contribution in [0.2, 0.25) is 0 Å². The fourth-order valence-electron chi connectivity index (χ4n) is 3.11. The number of hydrogen-bond donors (Lipinski definition) is 1. The fraction of sp³-hybridized carbons (Fsp3) is 0.714. The van der Waals surface area contributed by atoms with Gasteiger partial charge in [0, 0.05) is 13.2 Å². The maximum Gasteiger partial charge on any atom is 0.246 e. The maximum atomic E-state index is 12.7. The monoisotopic (exact) mass is 291 g/mol. The zero-order valence-electron chi connectivity index (χ0n) is 12.7. The van der Waals surface area contributed by atoms with Gasteiger partial charge in [0.1, 0.15) is 17.3 Å². The van der Waals surface area contributed by atoms with Crippen LogP contribution in [0.3, 0.4) is 0 Å². The molecule has 21 heavy (non-hydrogen) atoms. The van der Waals surface area contributed by atoms with Crippen LogP contribution in [0.1, 0.15) is 38.8 Å². The molecular weight excluding hydrogens is 270 g/mol. The van der Waals surface area contributed by atoms with Crippen molar-refractivity contribution in [3.63, 3.8) is 0 Å². The van der Waals surface area contributed by atoms with Crippen LogP contribution in [0.25, 0.3) is 0 Å². The number of piperazine rings is 1. The van der Waals surface area contributed by atoms with Crippen molar-refractivity contribution in [1.82, 2.24) is 25.2 Å². The van der Waals surface area contributed by atoms with Crippen LogP contribution >= 0.6 is 0 Å². The van der Waals surface area contributed by atoms with Gasteiger partial charge in [0.25, 0.3) is 0 Å². The maximum absolute atomic E-state index is 12.7. The first-order chi connectivity index (χ1) is 9.96. The van der Waals surface area contributed by atoms with Gasteiger partial charge in [-0.2, -0.15) is 0 Å². The molecule has 1 N–H and O–H groups in total. The van der Waals surface area contributed by atoms with Crippen LogP contribution in [0.5, 0.6) is 0 Å². The van der Waals surface area contributed by atoms with Gasteiger partial charge < -0.3 is 10.2 Å². The van der Waals surface area contributed by atoms with E-state index in [4.69, 9.17) is 0 Å². The highest BCUT2D eigenvalue weighted by Crippen LogP contribution is 2.45. The normalized spacial score (nSPS) is 29.7. The summed E-state index contributed by atoms with van der Waals surface area (Å²) in [4.78, 5) is 27.0. The van der Waals surface area contributed by atoms with E-state index < -0.39 is 11.6 Å². The van der Waals surface area contributed by atoms with Crippen LogP contribution in [0.15, 0.2) is 6.20 Å². The molecule has 1 aliphatic heterocycles. The van der Waals surface area contributed by atoms with Crippen molar-refractivity contribution in [2.24, 2.45) is 13.0 Å². The van der Waals surface area contributed by atoms with E-state index in [1.54, 1.807) is 22.8 Å². The number of hydrogen-bond acceptors (Lipinski definition) is 4. The molecule has 2 aliphatic rings. The molecule has 0 radical (unpaired) electrons. The highest BCUT2D eigenvalue weighted by molar-refractivity contribution is 6.00. The van der Waals surface area contributed by atoms with Crippen LogP contribution < -0.4 is 5.32 Å². The molecule has 2 unspecified atom stereocenters. The fourth-order valence-corrected chi connectivity index (χ4v) is 3.11. The van der Waals surface area contributed by atoms with Crippen molar-refractivity contribution < 1.29 is 9.59 Å². The van der Waals surface area contributed by atoms with E-state index in [-0.39, 0.29) is 17.7 Å². The topological polar surface area (TPSA) is 80.1 Å². The van der Waals surface area contributed by atoms with Gasteiger partial charge in [0.2, 0.25) is 11.8 Å². The Morgan fingerprint density at radius 3 is 2.67 bits per heavy atom. The zero-order chi connectivity index (χ0) is 15.2. The number of carbonyl (C=O) groups excluding carboxylic acids is 2. The Labute approximate surface area is 123 Å². The number of nitrogens with zero attached hydrogens (tertiary/aromatic N) is 4. The second kappa shape index (κ2) is 4.82. The minimum atomic E-state index is -0.764. The summed E-state index contributed by atoms with van der Waals surface area (Å²) in [5.74, 6) is 0.188. The van der Waals surface area contributed by atoms with E-state index in [0.717, 1.165) is 12.8 Å². The van der Waals surface area contributed by atoms with E-state index in [1.165, 1.54) is 0 Å². The molecule has 114 valence electrons. The molecule has 1 aromatic rings. The molecule has 3 rings (SSSR count). The lowest BCUT2D eigenvalue weighted by Gasteiger charge is -2.46. The lowest BCUT2D eigenvalue weighted by Crippen LogP contribution is -2.70. The third kappa shape index (κ3) is 2.20. The first kappa shape index (κ1) is 14.0. The van der Waals surface area contributed by atoms with E-state index >= 15 is 0 Å². The molecule has 2 atom stereocenters. The van der Waals surface area contributed by atoms with Gasteiger partial charge in [-0.05, 0) is 32.1 Å². The molecule has 7 nitrogen and oxygen atoms in total. The smallest absolute Gasteiger partial charge is 0.246 e. The van der Waals surface area contributed by atoms with E-state index in [2.05, 4.69) is 15.6 Å². The molecular formula is C14H21N5O2. The third-order valence-corrected chi connectivity index (χ3v) is 4.64. The molecule has 1 saturated carbocycles. The minimum Gasteiger partial charge on any atom is -0.342 e. The highest BCUT2D eigenvalue weighted by atomic mass is 16.2. The molecule has 0 spiro atoms. The summed E-state index contributed by atoms with van der Waals surface area (Å²) in [6, 6.07) is -0.430. The summed E-state index contributed by atoms with van der Waals surface area (Å²) in [5, 5.41) is 10.8. The largest absolute Gasteiger partial charge is 0.342 e. The standard InChI is InChI=1S/C14H21N5O2/c1-4-11-12(20)19(8-10-7-18(3)17-16-10)14(2,9-5-6-9)13(21)15-11/h7,9,11H,4-6,8H2,1-3H3,(H,15,21). The number of carbonyl (C=O) groups is 2. The Bertz CT molecular complexity index is 580. The number of nitrogens with one attached hydrogen (secondary N) is 1. The number of rotatable bonds is 4. The molecule has 2 fully saturated rings. The second-order valence-electron chi connectivity index (χ2n) is 6.16. The second-order valence-corrected chi connectivity index (χ2v) is 6.16. The van der Waals surface area contributed by atoms with Crippen molar-refractivity contribution in [2.75, 3.05) is 0 Å². The van der Waals surface area contributed by atoms with E-state index in [1.807, 2.05) is 13.8 Å². The van der Waals surface area contributed by atoms with Crippen molar-refractivity contribution in [3.05, 3.63) is 11.9 Å². The first-order valence-electron chi connectivity index (χ1n) is 7.44. The molecule has 1 aliphatic carbocycles. The molecule has 1 aromatic heterocycles. The summed E-state index contributed by atoms with van der Waals surface area (Å²) in [6.45, 7) is 4.12. The zero-order valence-corrected chi connectivity index (χ0v) is 12.7. The Morgan fingerprint density at radius 2 is 2.14 bits per heavy atom. The Morgan fingerprint density at radius 1 is 1.43 bits per heavy atom. The highest BCUT2D eigenvalue weighted by Gasteiger charge is 2.56. The Hall–Kier alpha value is -1.92. The van der Waals surface area contributed by atoms with Crippen LogP contribution in [0, 0.1) is 5.92 Å². The third-order valence-electron chi connectivity index (χ3n) is 4.64. The lowest BCUT2D eigenvalue weighted by atomic mass is 9.87. The van der Waals surface area contributed by atoms with Gasteiger partial charge in [-0.25, -0.2) is 0 Å². The first-order valence-corrected chi connectivity index (χ1v) is 7.44. The number of amides is 2. The summed E-state index contributed by atoms with van der Waals surface area (Å²) < 4.78 is 1.61. The van der Waals surface area contributed by atoms with Crippen molar-refractivity contribution in [2.45, 2.75) is 51.2 Å². The van der Waals surface area contributed by atoms with Crippen molar-refractivity contribution in [3.8, 4) is 0 Å². The average molecular weight is 291 g/mol. The van der Waals surface area contributed by atoms with Crippen molar-refractivity contribution >= 4 is 11.8 Å². The summed E-state index contributed by atoms with van der Waals surface area (Å²) >= 11 is 0. The summed E-state index contributed by atoms with van der Waals surface area (Å²) in [7, 11) is 1.79. The SMILES string of the molecule is CCC1NC(=O)C(C)(C2CC2)N(Cc2cn(C)nn2)C1=O. The number of aromatic nitrogens is 3. The number of aryl methyl sites for hydroxylation is 1. The molecule has 2 heterocycles. The van der Waals surface area contributed by atoms with Crippen molar-refractivity contribution in [1.29, 1.82) is 0 Å². The van der Waals surface area contributed by atoms with E-state index in [0.29, 0.717) is 18.7 Å². The molecule has 1 saturated heterocycles. The predicted octanol–water partition coefficient (Wildman–Crippen LogP) is 0.221. The lowest BCUT2D eigenvalue weighted by molar-refractivity contribution is -0.159. The van der Waals surface area contributed by atoms with Crippen LogP contribution in [-0.2, 0) is 23.2 Å². The predicted molar refractivity (Wildman–Crippen MR) is 74.9 cm³/mol. The quantitative estimate of drug-likeness (QED) is 0.860.